The normalized spacial score (nSPS) is 11.3. The summed E-state index contributed by atoms with van der Waals surface area (Å²) in [6.07, 6.45) is 0.129. The van der Waals surface area contributed by atoms with Crippen LogP contribution in [0.2, 0.25) is 0 Å². The molecule has 0 bridgehead atoms. The Balaban J connectivity index is 1.57. The highest BCUT2D eigenvalue weighted by Crippen LogP contribution is 2.19. The number of sulfonamides is 1. The molecule has 0 aliphatic heterocycles. The smallest absolute Gasteiger partial charge is 0.238 e. The van der Waals surface area contributed by atoms with Crippen LogP contribution >= 0.6 is 0 Å². The lowest BCUT2D eigenvalue weighted by Crippen LogP contribution is -2.16. The number of carbonyl (C=O) groups is 1. The van der Waals surface area contributed by atoms with Crippen molar-refractivity contribution in [3.05, 3.63) is 71.1 Å². The number of amides is 1. The molecule has 152 valence electrons. The van der Waals surface area contributed by atoms with E-state index < -0.39 is 10.0 Å². The SMILES string of the molecule is Cc1noc(C)c1COc1ccc(CC(=O)Nc2cccc(S(N)(=O)=O)c2)cc1. The molecule has 1 aromatic heterocycles. The van der Waals surface area contributed by atoms with Crippen molar-refractivity contribution >= 4 is 21.6 Å². The maximum atomic E-state index is 12.2. The molecular weight excluding hydrogens is 394 g/mol. The highest BCUT2D eigenvalue weighted by atomic mass is 32.2. The van der Waals surface area contributed by atoms with Gasteiger partial charge in [0.15, 0.2) is 0 Å². The van der Waals surface area contributed by atoms with Gasteiger partial charge >= 0.3 is 0 Å². The predicted molar refractivity (Wildman–Crippen MR) is 107 cm³/mol. The van der Waals surface area contributed by atoms with Crippen LogP contribution in [0.3, 0.4) is 0 Å². The summed E-state index contributed by atoms with van der Waals surface area (Å²) in [7, 11) is -3.83. The zero-order valence-corrected chi connectivity index (χ0v) is 16.8. The Hall–Kier alpha value is -3.17. The monoisotopic (exact) mass is 415 g/mol. The van der Waals surface area contributed by atoms with E-state index in [0.717, 1.165) is 22.6 Å². The van der Waals surface area contributed by atoms with Gasteiger partial charge in [0.25, 0.3) is 0 Å². The molecule has 1 heterocycles. The second kappa shape index (κ2) is 8.46. The lowest BCUT2D eigenvalue weighted by atomic mass is 10.1. The number of primary sulfonamides is 1. The molecule has 1 amide bonds. The third-order valence-electron chi connectivity index (χ3n) is 4.30. The number of rotatable bonds is 7. The number of benzene rings is 2. The number of nitrogens with two attached hydrogens (primary N) is 1. The highest BCUT2D eigenvalue weighted by molar-refractivity contribution is 7.89. The Morgan fingerprint density at radius 2 is 1.90 bits per heavy atom. The van der Waals surface area contributed by atoms with Crippen molar-refractivity contribution < 1.29 is 22.5 Å². The van der Waals surface area contributed by atoms with Crippen LogP contribution in [0.25, 0.3) is 0 Å². The summed E-state index contributed by atoms with van der Waals surface area (Å²) in [5, 5.41) is 11.7. The van der Waals surface area contributed by atoms with E-state index in [-0.39, 0.29) is 17.2 Å². The van der Waals surface area contributed by atoms with Crippen LogP contribution in [0, 0.1) is 13.8 Å². The first-order valence-electron chi connectivity index (χ1n) is 8.78. The Kier molecular flexibility index (Phi) is 6.00. The number of ether oxygens (including phenoxy) is 1. The van der Waals surface area contributed by atoms with Gasteiger partial charge in [-0.15, -0.1) is 0 Å². The molecule has 29 heavy (non-hydrogen) atoms. The Bertz CT molecular complexity index is 1100. The van der Waals surface area contributed by atoms with E-state index in [1.54, 1.807) is 30.3 Å². The summed E-state index contributed by atoms with van der Waals surface area (Å²) in [6, 6.07) is 12.9. The van der Waals surface area contributed by atoms with E-state index in [1.165, 1.54) is 18.2 Å². The molecule has 0 spiro atoms. The maximum absolute atomic E-state index is 12.2. The summed E-state index contributed by atoms with van der Waals surface area (Å²) >= 11 is 0. The van der Waals surface area contributed by atoms with Gasteiger partial charge in [-0.3, -0.25) is 4.79 Å². The van der Waals surface area contributed by atoms with Crippen LogP contribution in [-0.4, -0.2) is 19.5 Å². The van der Waals surface area contributed by atoms with Gasteiger partial charge in [-0.1, -0.05) is 23.4 Å². The topological polar surface area (TPSA) is 125 Å². The Morgan fingerprint density at radius 3 is 2.52 bits per heavy atom. The maximum Gasteiger partial charge on any atom is 0.238 e. The van der Waals surface area contributed by atoms with Crippen molar-refractivity contribution in [1.29, 1.82) is 0 Å². The standard InChI is InChI=1S/C20H21N3O5S/c1-13-19(14(2)28-23-13)12-27-17-8-6-15(7-9-17)10-20(24)22-16-4-3-5-18(11-16)29(21,25)26/h3-9,11H,10,12H2,1-2H3,(H,22,24)(H2,21,25,26). The van der Waals surface area contributed by atoms with Crippen molar-refractivity contribution in [2.75, 3.05) is 5.32 Å². The molecule has 2 aromatic carbocycles. The summed E-state index contributed by atoms with van der Waals surface area (Å²) in [4.78, 5) is 12.2. The van der Waals surface area contributed by atoms with Crippen LogP contribution in [0.15, 0.2) is 57.9 Å². The van der Waals surface area contributed by atoms with E-state index in [0.29, 0.717) is 18.0 Å². The lowest BCUT2D eigenvalue weighted by Gasteiger charge is -2.08. The second-order valence-electron chi connectivity index (χ2n) is 6.53. The van der Waals surface area contributed by atoms with Gasteiger partial charge in [-0.2, -0.15) is 0 Å². The van der Waals surface area contributed by atoms with Gasteiger partial charge in [-0.05, 0) is 49.7 Å². The molecule has 0 aliphatic carbocycles. The average Bonchev–Trinajstić information content (AvgIpc) is 2.98. The molecular formula is C20H21N3O5S. The van der Waals surface area contributed by atoms with Crippen molar-refractivity contribution in [3.63, 3.8) is 0 Å². The van der Waals surface area contributed by atoms with Gasteiger partial charge in [0.2, 0.25) is 15.9 Å². The number of aryl methyl sites for hydroxylation is 2. The van der Waals surface area contributed by atoms with Crippen molar-refractivity contribution in [3.8, 4) is 5.75 Å². The molecule has 8 nitrogen and oxygen atoms in total. The minimum atomic E-state index is -3.83. The summed E-state index contributed by atoms with van der Waals surface area (Å²) in [5.41, 5.74) is 2.85. The van der Waals surface area contributed by atoms with Gasteiger partial charge in [0.05, 0.1) is 22.6 Å². The van der Waals surface area contributed by atoms with Crippen molar-refractivity contribution in [1.82, 2.24) is 5.16 Å². The lowest BCUT2D eigenvalue weighted by molar-refractivity contribution is -0.115. The first-order valence-corrected chi connectivity index (χ1v) is 10.3. The molecule has 0 radical (unpaired) electrons. The van der Waals surface area contributed by atoms with E-state index in [2.05, 4.69) is 10.5 Å². The largest absolute Gasteiger partial charge is 0.489 e. The van der Waals surface area contributed by atoms with Gasteiger partial charge in [0, 0.05) is 5.69 Å². The molecule has 3 N–H and O–H groups in total. The number of hydrogen-bond acceptors (Lipinski definition) is 6. The molecule has 3 rings (SSSR count). The molecule has 0 saturated carbocycles. The number of nitrogens with one attached hydrogen (secondary N) is 1. The molecule has 0 saturated heterocycles. The molecule has 0 fully saturated rings. The molecule has 0 unspecified atom stereocenters. The number of anilines is 1. The van der Waals surface area contributed by atoms with E-state index in [9.17, 15) is 13.2 Å². The quantitative estimate of drug-likeness (QED) is 0.611. The predicted octanol–water partition coefficient (Wildman–Crippen LogP) is 2.70. The fourth-order valence-corrected chi connectivity index (χ4v) is 3.27. The number of nitrogens with zero attached hydrogens (tertiary/aromatic N) is 1. The molecule has 9 heteroatoms. The van der Waals surface area contributed by atoms with Crippen molar-refractivity contribution in [2.45, 2.75) is 31.8 Å². The Morgan fingerprint density at radius 1 is 1.17 bits per heavy atom. The fourth-order valence-electron chi connectivity index (χ4n) is 2.71. The Labute approximate surface area is 168 Å². The summed E-state index contributed by atoms with van der Waals surface area (Å²) in [6.45, 7) is 4.04. The molecule has 0 aliphatic rings. The van der Waals surface area contributed by atoms with Crippen LogP contribution in [0.5, 0.6) is 5.75 Å². The third-order valence-corrected chi connectivity index (χ3v) is 5.21. The number of hydrogen-bond donors (Lipinski definition) is 2. The van der Waals surface area contributed by atoms with Gasteiger partial charge in [-0.25, -0.2) is 13.6 Å². The minimum Gasteiger partial charge on any atom is -0.489 e. The van der Waals surface area contributed by atoms with Gasteiger partial charge < -0.3 is 14.6 Å². The summed E-state index contributed by atoms with van der Waals surface area (Å²) in [5.74, 6) is 1.11. The van der Waals surface area contributed by atoms with Crippen LogP contribution in [-0.2, 0) is 27.8 Å². The minimum absolute atomic E-state index is 0.0601. The fraction of sp³-hybridized carbons (Fsp3) is 0.200. The average molecular weight is 415 g/mol. The van der Waals surface area contributed by atoms with E-state index in [4.69, 9.17) is 14.4 Å². The third kappa shape index (κ3) is 5.43. The first kappa shape index (κ1) is 20.6. The van der Waals surface area contributed by atoms with Crippen LogP contribution in [0.1, 0.15) is 22.6 Å². The van der Waals surface area contributed by atoms with Crippen LogP contribution < -0.4 is 15.2 Å². The zero-order valence-electron chi connectivity index (χ0n) is 16.0. The van der Waals surface area contributed by atoms with Gasteiger partial charge in [0.1, 0.15) is 18.1 Å². The summed E-state index contributed by atoms with van der Waals surface area (Å²) < 4.78 is 33.7. The molecule has 0 atom stereocenters. The van der Waals surface area contributed by atoms with Crippen molar-refractivity contribution in [2.24, 2.45) is 5.14 Å². The second-order valence-corrected chi connectivity index (χ2v) is 8.09. The molecule has 3 aromatic rings. The highest BCUT2D eigenvalue weighted by Gasteiger charge is 2.11. The van der Waals surface area contributed by atoms with E-state index >= 15 is 0 Å². The van der Waals surface area contributed by atoms with Crippen LogP contribution in [0.4, 0.5) is 5.69 Å². The first-order chi connectivity index (χ1) is 13.7. The number of carbonyl (C=O) groups excluding carboxylic acids is 1. The zero-order chi connectivity index (χ0) is 21.0. The number of aromatic nitrogens is 1. The van der Waals surface area contributed by atoms with E-state index in [1.807, 2.05) is 13.8 Å².